The van der Waals surface area contributed by atoms with Gasteiger partial charge in [-0.25, -0.2) is 9.18 Å². The minimum Gasteiger partial charge on any atom is -0.495 e. The summed E-state index contributed by atoms with van der Waals surface area (Å²) in [6.45, 7) is 1.11. The monoisotopic (exact) mass is 455 g/mol. The number of aromatic nitrogens is 2. The van der Waals surface area contributed by atoms with Crippen molar-refractivity contribution in [3.8, 4) is 5.75 Å². The van der Waals surface area contributed by atoms with Crippen molar-refractivity contribution in [3.05, 3.63) is 64.4 Å². The molecule has 8 nitrogen and oxygen atoms in total. The number of halogens is 1. The Morgan fingerprint density at radius 3 is 2.69 bits per heavy atom. The largest absolute Gasteiger partial charge is 0.495 e. The third-order valence-electron chi connectivity index (χ3n) is 5.14. The highest BCUT2D eigenvalue weighted by Crippen LogP contribution is 2.30. The fourth-order valence-electron chi connectivity index (χ4n) is 3.51. The molecule has 1 atom stereocenters. The number of nitrogens with one attached hydrogen (secondary N) is 2. The topological polar surface area (TPSA) is 96.4 Å². The summed E-state index contributed by atoms with van der Waals surface area (Å²) >= 11 is 1.21. The lowest BCUT2D eigenvalue weighted by Crippen LogP contribution is -2.41. The van der Waals surface area contributed by atoms with Gasteiger partial charge in [-0.05, 0) is 49.2 Å². The maximum atomic E-state index is 13.0. The molecule has 2 N–H and O–H groups in total. The number of carbonyl (C=O) groups excluding carboxylic acids is 2. The van der Waals surface area contributed by atoms with Gasteiger partial charge in [0.1, 0.15) is 16.6 Å². The van der Waals surface area contributed by atoms with Gasteiger partial charge in [0.2, 0.25) is 5.01 Å². The van der Waals surface area contributed by atoms with E-state index in [9.17, 15) is 14.0 Å². The Kier molecular flexibility index (Phi) is 6.60. The van der Waals surface area contributed by atoms with Crippen LogP contribution in [-0.2, 0) is 0 Å². The Bertz CT molecular complexity index is 1100. The van der Waals surface area contributed by atoms with Crippen molar-refractivity contribution in [2.75, 3.05) is 30.8 Å². The van der Waals surface area contributed by atoms with Crippen LogP contribution in [-0.4, -0.2) is 47.2 Å². The number of benzene rings is 2. The summed E-state index contributed by atoms with van der Waals surface area (Å²) < 4.78 is 18.3. The SMILES string of the molecule is COc1ccccc1NC(=O)N1CCCC(c2nnc(C(=O)Nc3ccc(F)cc3)s2)C1. The lowest BCUT2D eigenvalue weighted by Gasteiger charge is -2.31. The molecular weight excluding hydrogens is 433 g/mol. The second-order valence-electron chi connectivity index (χ2n) is 7.32. The number of carbonyl (C=O) groups is 2. The average Bonchev–Trinajstić information content (AvgIpc) is 3.32. The number of amides is 3. The average molecular weight is 456 g/mol. The van der Waals surface area contributed by atoms with Crippen molar-refractivity contribution in [2.45, 2.75) is 18.8 Å². The van der Waals surface area contributed by atoms with Crippen molar-refractivity contribution in [2.24, 2.45) is 0 Å². The number of nitrogens with zero attached hydrogens (tertiary/aromatic N) is 3. The standard InChI is InChI=1S/C22H22FN5O3S/c1-31-18-7-3-2-6-17(18)25-22(30)28-12-4-5-14(13-28)20-26-27-21(32-20)19(29)24-16-10-8-15(23)9-11-16/h2-3,6-11,14H,4-5,12-13H2,1H3,(H,24,29)(H,25,30). The minimum atomic E-state index is -0.401. The number of hydrogen-bond donors (Lipinski definition) is 2. The Morgan fingerprint density at radius 1 is 1.12 bits per heavy atom. The van der Waals surface area contributed by atoms with E-state index >= 15 is 0 Å². The maximum absolute atomic E-state index is 13.0. The summed E-state index contributed by atoms with van der Waals surface area (Å²) in [7, 11) is 1.56. The van der Waals surface area contributed by atoms with Crippen LogP contribution >= 0.6 is 11.3 Å². The van der Waals surface area contributed by atoms with Crippen LogP contribution in [0.15, 0.2) is 48.5 Å². The van der Waals surface area contributed by atoms with Gasteiger partial charge in [-0.3, -0.25) is 4.79 Å². The molecule has 1 aromatic heterocycles. The van der Waals surface area contributed by atoms with Crippen molar-refractivity contribution >= 4 is 34.6 Å². The van der Waals surface area contributed by atoms with Crippen LogP contribution in [0.2, 0.25) is 0 Å². The highest BCUT2D eigenvalue weighted by atomic mass is 32.1. The number of rotatable bonds is 5. The quantitative estimate of drug-likeness (QED) is 0.596. The van der Waals surface area contributed by atoms with Crippen LogP contribution in [0, 0.1) is 5.82 Å². The summed E-state index contributed by atoms with van der Waals surface area (Å²) in [5.74, 6) is -0.188. The van der Waals surface area contributed by atoms with Crippen molar-refractivity contribution in [1.82, 2.24) is 15.1 Å². The zero-order valence-electron chi connectivity index (χ0n) is 17.4. The number of ether oxygens (including phenoxy) is 1. The Labute approximate surface area is 188 Å². The lowest BCUT2D eigenvalue weighted by atomic mass is 9.99. The van der Waals surface area contributed by atoms with Crippen LogP contribution < -0.4 is 15.4 Å². The molecule has 1 saturated heterocycles. The van der Waals surface area contributed by atoms with Gasteiger partial charge in [-0.2, -0.15) is 0 Å². The summed E-state index contributed by atoms with van der Waals surface area (Å²) in [6.07, 6.45) is 1.67. The van der Waals surface area contributed by atoms with E-state index in [1.807, 2.05) is 12.1 Å². The number of piperidine rings is 1. The third kappa shape index (κ3) is 5.02. The molecule has 2 aromatic carbocycles. The van der Waals surface area contributed by atoms with E-state index in [0.717, 1.165) is 12.8 Å². The van der Waals surface area contributed by atoms with Crippen LogP contribution in [0.5, 0.6) is 5.75 Å². The summed E-state index contributed by atoms with van der Waals surface area (Å²) in [6, 6.07) is 12.5. The first-order valence-electron chi connectivity index (χ1n) is 10.1. The number of para-hydroxylation sites is 2. The van der Waals surface area contributed by atoms with Crippen molar-refractivity contribution in [3.63, 3.8) is 0 Å². The van der Waals surface area contributed by atoms with Crippen LogP contribution in [0.4, 0.5) is 20.6 Å². The van der Waals surface area contributed by atoms with E-state index in [0.29, 0.717) is 35.2 Å². The third-order valence-corrected chi connectivity index (χ3v) is 6.23. The van der Waals surface area contributed by atoms with Gasteiger partial charge in [0.05, 0.1) is 12.8 Å². The smallest absolute Gasteiger partial charge is 0.321 e. The molecule has 4 rings (SSSR count). The van der Waals surface area contributed by atoms with Gasteiger partial charge in [0.15, 0.2) is 0 Å². The number of methoxy groups -OCH3 is 1. The molecule has 32 heavy (non-hydrogen) atoms. The molecule has 3 aromatic rings. The minimum absolute atomic E-state index is 0.00274. The van der Waals surface area contributed by atoms with E-state index in [1.54, 1.807) is 24.1 Å². The van der Waals surface area contributed by atoms with Gasteiger partial charge in [-0.15, -0.1) is 10.2 Å². The molecule has 1 fully saturated rings. The van der Waals surface area contributed by atoms with E-state index in [2.05, 4.69) is 20.8 Å². The number of urea groups is 1. The lowest BCUT2D eigenvalue weighted by molar-refractivity contribution is 0.102. The first-order valence-corrected chi connectivity index (χ1v) is 10.9. The van der Waals surface area contributed by atoms with E-state index in [4.69, 9.17) is 4.74 Å². The van der Waals surface area contributed by atoms with Gasteiger partial charge in [0, 0.05) is 24.7 Å². The molecule has 2 heterocycles. The summed E-state index contributed by atoms with van der Waals surface area (Å²) in [4.78, 5) is 27.0. The zero-order chi connectivity index (χ0) is 22.5. The van der Waals surface area contributed by atoms with Gasteiger partial charge >= 0.3 is 6.03 Å². The van der Waals surface area contributed by atoms with Crippen molar-refractivity contribution < 1.29 is 18.7 Å². The molecular formula is C22H22FN5O3S. The molecule has 0 spiro atoms. The van der Waals surface area contributed by atoms with Gasteiger partial charge in [0.25, 0.3) is 5.91 Å². The first kappa shape index (κ1) is 21.7. The number of hydrogen-bond acceptors (Lipinski definition) is 6. The summed E-state index contributed by atoms with van der Waals surface area (Å²) in [5.41, 5.74) is 1.09. The second kappa shape index (κ2) is 9.73. The molecule has 0 aliphatic carbocycles. The molecule has 1 aliphatic heterocycles. The van der Waals surface area contributed by atoms with Crippen LogP contribution in [0.3, 0.4) is 0 Å². The predicted molar refractivity (Wildman–Crippen MR) is 120 cm³/mol. The molecule has 1 unspecified atom stereocenters. The Hall–Kier alpha value is -3.53. The van der Waals surface area contributed by atoms with E-state index in [1.165, 1.54) is 35.6 Å². The molecule has 0 radical (unpaired) electrons. The molecule has 3 amide bonds. The van der Waals surface area contributed by atoms with E-state index < -0.39 is 5.91 Å². The second-order valence-corrected chi connectivity index (χ2v) is 8.33. The molecule has 166 valence electrons. The Balaban J connectivity index is 1.39. The molecule has 0 saturated carbocycles. The predicted octanol–water partition coefficient (Wildman–Crippen LogP) is 4.35. The normalized spacial score (nSPS) is 15.8. The zero-order valence-corrected chi connectivity index (χ0v) is 18.2. The van der Waals surface area contributed by atoms with Crippen LogP contribution in [0.1, 0.15) is 33.6 Å². The van der Waals surface area contributed by atoms with E-state index in [-0.39, 0.29) is 22.8 Å². The summed E-state index contributed by atoms with van der Waals surface area (Å²) in [5, 5.41) is 14.7. The Morgan fingerprint density at radius 2 is 1.91 bits per heavy atom. The number of anilines is 2. The van der Waals surface area contributed by atoms with Crippen molar-refractivity contribution in [1.29, 1.82) is 0 Å². The molecule has 10 heteroatoms. The van der Waals surface area contributed by atoms with Crippen LogP contribution in [0.25, 0.3) is 0 Å². The van der Waals surface area contributed by atoms with Gasteiger partial charge in [-0.1, -0.05) is 23.5 Å². The molecule has 1 aliphatic rings. The molecule has 0 bridgehead atoms. The fraction of sp³-hybridized carbons (Fsp3) is 0.273. The highest BCUT2D eigenvalue weighted by Gasteiger charge is 2.28. The highest BCUT2D eigenvalue weighted by molar-refractivity contribution is 7.13. The number of likely N-dealkylation sites (tertiary alicyclic amines) is 1. The fourth-order valence-corrected chi connectivity index (χ4v) is 4.38. The first-order chi connectivity index (χ1) is 15.5. The van der Waals surface area contributed by atoms with Gasteiger partial charge < -0.3 is 20.3 Å². The maximum Gasteiger partial charge on any atom is 0.321 e.